The molecule has 1 aromatic rings. The summed E-state index contributed by atoms with van der Waals surface area (Å²) < 4.78 is 31.0. The van der Waals surface area contributed by atoms with Gasteiger partial charge in [-0.05, 0) is 34.6 Å². The van der Waals surface area contributed by atoms with E-state index >= 15 is 0 Å². The van der Waals surface area contributed by atoms with Crippen molar-refractivity contribution < 1.29 is 28.8 Å². The van der Waals surface area contributed by atoms with Crippen LogP contribution in [0.3, 0.4) is 0 Å². The minimum absolute atomic E-state index is 0.185. The number of fused-ring (bicyclic) bond motifs is 3. The number of hydrogen-bond acceptors (Lipinski definition) is 8. The molecular formula is C18H26N2O8. The smallest absolute Gasteiger partial charge is 0.330 e. The van der Waals surface area contributed by atoms with Gasteiger partial charge in [0, 0.05) is 11.8 Å². The number of aryl methyl sites for hydroxylation is 1. The van der Waals surface area contributed by atoms with Crippen molar-refractivity contribution in [1.82, 2.24) is 9.55 Å². The summed E-state index contributed by atoms with van der Waals surface area (Å²) in [6.45, 7) is 8.82. The average Bonchev–Trinajstić information content (AvgIpc) is 2.87. The maximum absolute atomic E-state index is 12.4. The third kappa shape index (κ3) is 3.34. The molecule has 4 rings (SSSR count). The lowest BCUT2D eigenvalue weighted by Gasteiger charge is -2.42. The molecule has 4 unspecified atom stereocenters. The third-order valence-electron chi connectivity index (χ3n) is 5.23. The number of ether oxygens (including phenoxy) is 5. The van der Waals surface area contributed by atoms with E-state index in [4.69, 9.17) is 23.7 Å². The van der Waals surface area contributed by atoms with Crippen molar-refractivity contribution in [3.05, 3.63) is 32.6 Å². The van der Waals surface area contributed by atoms with Crippen molar-refractivity contribution in [2.45, 2.75) is 82.9 Å². The van der Waals surface area contributed by atoms with E-state index in [9.17, 15) is 14.7 Å². The Hall–Kier alpha value is -1.56. The number of hydrogen-bond donors (Lipinski definition) is 2. The number of aromatic amines is 1. The van der Waals surface area contributed by atoms with Gasteiger partial charge in [0.25, 0.3) is 5.56 Å². The molecule has 1 aromatic heterocycles. The van der Waals surface area contributed by atoms with Gasteiger partial charge < -0.3 is 28.8 Å². The van der Waals surface area contributed by atoms with Crippen molar-refractivity contribution in [3.63, 3.8) is 0 Å². The highest BCUT2D eigenvalue weighted by Gasteiger charge is 2.58. The highest BCUT2D eigenvalue weighted by atomic mass is 16.8. The molecule has 0 aromatic carbocycles. The van der Waals surface area contributed by atoms with E-state index < -0.39 is 59.6 Å². The molecule has 2 N–H and O–H groups in total. The van der Waals surface area contributed by atoms with Gasteiger partial charge in [-0.2, -0.15) is 0 Å². The Balaban J connectivity index is 1.78. The summed E-state index contributed by atoms with van der Waals surface area (Å²) >= 11 is 0. The number of aliphatic hydroxyl groups excluding tert-OH is 1. The lowest BCUT2D eigenvalue weighted by atomic mass is 9.99. The first kappa shape index (κ1) is 19.7. The van der Waals surface area contributed by atoms with Gasteiger partial charge in [-0.25, -0.2) is 4.79 Å². The van der Waals surface area contributed by atoms with Crippen LogP contribution in [0, 0.1) is 6.92 Å². The number of nitrogens with zero attached hydrogens (tertiary/aromatic N) is 1. The van der Waals surface area contributed by atoms with E-state index in [1.807, 2.05) is 0 Å². The monoisotopic (exact) mass is 398 g/mol. The molecule has 10 heteroatoms. The second-order valence-corrected chi connectivity index (χ2v) is 8.39. The summed E-state index contributed by atoms with van der Waals surface area (Å²) in [4.78, 5) is 26.4. The van der Waals surface area contributed by atoms with Gasteiger partial charge in [0.2, 0.25) is 0 Å². The summed E-state index contributed by atoms with van der Waals surface area (Å²) in [5, 5.41) is 11.1. The lowest BCUT2D eigenvalue weighted by molar-refractivity contribution is -0.332. The molecule has 3 aliphatic rings. The van der Waals surface area contributed by atoms with Gasteiger partial charge in [0.1, 0.15) is 30.5 Å². The predicted molar refractivity (Wildman–Crippen MR) is 94.7 cm³/mol. The molecule has 0 radical (unpaired) electrons. The maximum Gasteiger partial charge on any atom is 0.330 e. The highest BCUT2D eigenvalue weighted by Crippen LogP contribution is 2.42. The van der Waals surface area contributed by atoms with Crippen LogP contribution in [-0.2, 0) is 23.7 Å². The molecule has 0 amide bonds. The van der Waals surface area contributed by atoms with E-state index in [0.717, 1.165) is 4.57 Å². The zero-order chi connectivity index (χ0) is 20.4. The van der Waals surface area contributed by atoms with Gasteiger partial charge in [-0.3, -0.25) is 14.3 Å². The second kappa shape index (κ2) is 6.48. The zero-order valence-corrected chi connectivity index (χ0v) is 16.5. The second-order valence-electron chi connectivity index (χ2n) is 8.39. The Labute approximate surface area is 161 Å². The Bertz CT molecular complexity index is 875. The summed E-state index contributed by atoms with van der Waals surface area (Å²) in [6.07, 6.45) is -3.61. The van der Waals surface area contributed by atoms with Crippen molar-refractivity contribution in [2.24, 2.45) is 0 Å². The molecule has 6 atom stereocenters. The molecule has 0 spiro atoms. The fourth-order valence-electron chi connectivity index (χ4n) is 3.97. The van der Waals surface area contributed by atoms with E-state index in [0.29, 0.717) is 5.56 Å². The fraction of sp³-hybridized carbons (Fsp3) is 0.778. The first-order chi connectivity index (χ1) is 13.0. The number of rotatable bonds is 1. The minimum Gasteiger partial charge on any atom is -0.386 e. The Kier molecular flexibility index (Phi) is 4.57. The number of H-pyrrole nitrogens is 1. The topological polar surface area (TPSA) is 121 Å². The van der Waals surface area contributed by atoms with E-state index in [1.165, 1.54) is 6.20 Å². The third-order valence-corrected chi connectivity index (χ3v) is 5.23. The summed E-state index contributed by atoms with van der Waals surface area (Å²) in [6, 6.07) is 0. The van der Waals surface area contributed by atoms with Crippen LogP contribution < -0.4 is 11.2 Å². The Morgan fingerprint density at radius 2 is 1.71 bits per heavy atom. The van der Waals surface area contributed by atoms with Gasteiger partial charge in [-0.1, -0.05) is 0 Å². The van der Waals surface area contributed by atoms with Gasteiger partial charge in [-0.15, -0.1) is 0 Å². The van der Waals surface area contributed by atoms with Crippen molar-refractivity contribution >= 4 is 0 Å². The quantitative estimate of drug-likeness (QED) is 0.666. The molecule has 3 saturated heterocycles. The van der Waals surface area contributed by atoms with E-state index in [1.54, 1.807) is 34.6 Å². The first-order valence-corrected chi connectivity index (χ1v) is 9.30. The fourth-order valence-corrected chi connectivity index (χ4v) is 3.97. The van der Waals surface area contributed by atoms with Crippen LogP contribution >= 0.6 is 0 Å². The summed E-state index contributed by atoms with van der Waals surface area (Å²) in [7, 11) is 0. The molecule has 0 aliphatic carbocycles. The van der Waals surface area contributed by atoms with Crippen LogP contribution in [0.15, 0.2) is 15.8 Å². The molecule has 10 nitrogen and oxygen atoms in total. The maximum atomic E-state index is 12.4. The van der Waals surface area contributed by atoms with Crippen LogP contribution in [0.2, 0.25) is 0 Å². The molecule has 28 heavy (non-hydrogen) atoms. The van der Waals surface area contributed by atoms with Gasteiger partial charge in [0.15, 0.2) is 17.8 Å². The lowest BCUT2D eigenvalue weighted by Crippen LogP contribution is -2.55. The number of nitrogens with one attached hydrogen (secondary N) is 1. The SMILES string of the molecule is Cc1cn(C2OC3COC(C)(C)O[C@@H]3C3OC(C)(C)O[C@H]3C2O)c(=O)[nH]c1=O. The summed E-state index contributed by atoms with van der Waals surface area (Å²) in [5.41, 5.74) is -0.868. The van der Waals surface area contributed by atoms with Crippen molar-refractivity contribution in [3.8, 4) is 0 Å². The van der Waals surface area contributed by atoms with Crippen molar-refractivity contribution in [2.75, 3.05) is 6.61 Å². The average molecular weight is 398 g/mol. The standard InChI is InChI=1S/C18H26N2O8/c1-8-6-20(16(23)19-14(8)22)15-10(21)12-13(28-18(4,5)27-12)11-9(25-15)7-24-17(2,3)26-11/h6,9-13,15,21H,7H2,1-5H3,(H,19,22,23)/t9?,10?,11-,12-,13?,15?/m0/s1. The molecule has 3 aliphatic heterocycles. The molecular weight excluding hydrogens is 372 g/mol. The van der Waals surface area contributed by atoms with E-state index in [2.05, 4.69) is 4.98 Å². The molecule has 156 valence electrons. The normalized spacial score (nSPS) is 39.1. The predicted octanol–water partition coefficient (Wildman–Crippen LogP) is -0.225. The van der Waals surface area contributed by atoms with Crippen LogP contribution in [0.4, 0.5) is 0 Å². The molecule has 4 heterocycles. The van der Waals surface area contributed by atoms with Crippen LogP contribution in [0.25, 0.3) is 0 Å². The van der Waals surface area contributed by atoms with Crippen LogP contribution in [0.1, 0.15) is 39.5 Å². The number of aromatic nitrogens is 2. The Morgan fingerprint density at radius 1 is 1.07 bits per heavy atom. The van der Waals surface area contributed by atoms with Crippen LogP contribution in [-0.4, -0.2) is 63.4 Å². The van der Waals surface area contributed by atoms with Crippen molar-refractivity contribution in [1.29, 1.82) is 0 Å². The number of aliphatic hydroxyl groups is 1. The van der Waals surface area contributed by atoms with E-state index in [-0.39, 0.29) is 6.61 Å². The minimum atomic E-state index is -1.24. The largest absolute Gasteiger partial charge is 0.386 e. The zero-order valence-electron chi connectivity index (χ0n) is 16.5. The Morgan fingerprint density at radius 3 is 2.43 bits per heavy atom. The van der Waals surface area contributed by atoms with Gasteiger partial charge >= 0.3 is 5.69 Å². The molecule has 0 saturated carbocycles. The van der Waals surface area contributed by atoms with Gasteiger partial charge in [0.05, 0.1) is 6.61 Å². The summed E-state index contributed by atoms with van der Waals surface area (Å²) in [5.74, 6) is -1.80. The molecule has 0 bridgehead atoms. The van der Waals surface area contributed by atoms with Crippen LogP contribution in [0.5, 0.6) is 0 Å². The molecule has 3 fully saturated rings. The highest BCUT2D eigenvalue weighted by molar-refractivity contribution is 5.05. The first-order valence-electron chi connectivity index (χ1n) is 9.30.